The highest BCUT2D eigenvalue weighted by Gasteiger charge is 2.58. The summed E-state index contributed by atoms with van der Waals surface area (Å²) in [6, 6.07) is 27.2. The molecule has 3 aromatic rings. The van der Waals surface area contributed by atoms with Crippen LogP contribution >= 0.6 is 0 Å². The van der Waals surface area contributed by atoms with E-state index in [-0.39, 0.29) is 37.6 Å². The average Bonchev–Trinajstić information content (AvgIpc) is 3.45. The number of nitrogens with zero attached hydrogens (tertiary/aromatic N) is 1. The molecule has 3 aliphatic rings. The summed E-state index contributed by atoms with van der Waals surface area (Å²) >= 11 is 0. The van der Waals surface area contributed by atoms with Gasteiger partial charge < -0.3 is 47.4 Å². The molecule has 0 N–H and O–H groups in total. The van der Waals surface area contributed by atoms with Crippen molar-refractivity contribution >= 4 is 29.7 Å². The van der Waals surface area contributed by atoms with Gasteiger partial charge in [0.15, 0.2) is 24.8 Å². The van der Waals surface area contributed by atoms with Crippen molar-refractivity contribution in [2.75, 3.05) is 20.3 Å². The Morgan fingerprint density at radius 1 is 0.532 bits per heavy atom. The van der Waals surface area contributed by atoms with Crippen molar-refractivity contribution in [3.05, 3.63) is 119 Å². The highest BCUT2D eigenvalue weighted by Crippen LogP contribution is 2.37. The lowest BCUT2D eigenvalue weighted by Crippen LogP contribution is -2.68. The molecule has 10 atom stereocenters. The van der Waals surface area contributed by atoms with Crippen LogP contribution in [0, 0.1) is 0 Å². The molecule has 16 nitrogen and oxygen atoms in total. The van der Waals surface area contributed by atoms with Crippen molar-refractivity contribution in [3.8, 4) is 0 Å². The monoisotopic (exact) mass is 859 g/mol. The fourth-order valence-electron chi connectivity index (χ4n) is 7.60. The van der Waals surface area contributed by atoms with E-state index < -0.39 is 97.7 Å². The van der Waals surface area contributed by atoms with Gasteiger partial charge in [-0.05, 0) is 30.5 Å². The molecule has 62 heavy (non-hydrogen) atoms. The van der Waals surface area contributed by atoms with Crippen LogP contribution in [0.4, 0.5) is 0 Å². The minimum absolute atomic E-state index is 0.131. The van der Waals surface area contributed by atoms with Gasteiger partial charge in [0.2, 0.25) is 0 Å². The van der Waals surface area contributed by atoms with E-state index in [0.29, 0.717) is 0 Å². The molecule has 16 heteroatoms. The molecule has 2 fully saturated rings. The number of amides is 2. The summed E-state index contributed by atoms with van der Waals surface area (Å²) < 4.78 is 62.1. The first-order valence-electron chi connectivity index (χ1n) is 20.3. The molecule has 332 valence electrons. The summed E-state index contributed by atoms with van der Waals surface area (Å²) in [5.41, 5.74) is 2.95. The Hall–Kier alpha value is -5.33. The second-order valence-corrected chi connectivity index (χ2v) is 15.1. The maximum Gasteiger partial charge on any atom is 0.303 e. The first-order valence-corrected chi connectivity index (χ1v) is 20.3. The second kappa shape index (κ2) is 21.6. The number of ether oxygens (including phenoxy) is 10. The Bertz CT molecular complexity index is 2010. The minimum Gasteiger partial charge on any atom is -0.463 e. The van der Waals surface area contributed by atoms with Crippen LogP contribution in [0.2, 0.25) is 0 Å². The van der Waals surface area contributed by atoms with Crippen LogP contribution in [0.5, 0.6) is 0 Å². The molecule has 2 amide bonds. The molecule has 0 aromatic heterocycles. The Kier molecular flexibility index (Phi) is 16.1. The molecule has 2 saturated heterocycles. The van der Waals surface area contributed by atoms with Crippen molar-refractivity contribution in [2.45, 2.75) is 116 Å². The lowest BCUT2D eigenvalue weighted by molar-refractivity contribution is -0.337. The molecule has 0 saturated carbocycles. The van der Waals surface area contributed by atoms with Gasteiger partial charge in [-0.3, -0.25) is 28.9 Å². The fraction of sp³-hybridized carbons (Fsp3) is 0.457. The third kappa shape index (κ3) is 11.4. The van der Waals surface area contributed by atoms with Crippen LogP contribution < -0.4 is 0 Å². The normalized spacial score (nSPS) is 27.5. The lowest BCUT2D eigenvalue weighted by atomic mass is 9.94. The standard InChI is InChI=1S/C46H53NO15/c1-27-28(2)44(52)47(43(27)51)37-40(60-31(5)50)39(59-30(4)49)36(25-54-29(3)48)61-45(37)58-26-35-38(55-22-32-16-10-7-11-17-32)41(56-23-33-18-12-8-13-19-33)42(46(53-6)62-35)57-24-34-20-14-9-15-21-34/h7-21,35-42,45-46H,22-26H2,1-6H3/t35-,36-,37-,38+,39-,40-,41+,42-,45-,46+/m1/s1. The number of esters is 3. The predicted molar refractivity (Wildman–Crippen MR) is 217 cm³/mol. The third-order valence-electron chi connectivity index (χ3n) is 10.7. The quantitative estimate of drug-likeness (QED) is 0.1000. The largest absolute Gasteiger partial charge is 0.463 e. The smallest absolute Gasteiger partial charge is 0.303 e. The highest BCUT2D eigenvalue weighted by molar-refractivity contribution is 6.19. The number of hydrogen-bond acceptors (Lipinski definition) is 15. The molecule has 0 radical (unpaired) electrons. The molecule has 3 aliphatic heterocycles. The Morgan fingerprint density at radius 3 is 1.44 bits per heavy atom. The van der Waals surface area contributed by atoms with E-state index in [1.807, 2.05) is 91.0 Å². The summed E-state index contributed by atoms with van der Waals surface area (Å²) in [4.78, 5) is 65.9. The van der Waals surface area contributed by atoms with Crippen molar-refractivity contribution in [2.24, 2.45) is 0 Å². The molecule has 6 rings (SSSR count). The summed E-state index contributed by atoms with van der Waals surface area (Å²) in [6.45, 7) is 6.09. The summed E-state index contributed by atoms with van der Waals surface area (Å²) in [5, 5.41) is 0. The molecule has 0 aliphatic carbocycles. The Labute approximate surface area is 360 Å². The van der Waals surface area contributed by atoms with Crippen LogP contribution in [0.15, 0.2) is 102 Å². The van der Waals surface area contributed by atoms with Crippen molar-refractivity contribution in [1.82, 2.24) is 4.90 Å². The number of methoxy groups -OCH3 is 1. The summed E-state index contributed by atoms with van der Waals surface area (Å²) in [7, 11) is 1.47. The van der Waals surface area contributed by atoms with E-state index >= 15 is 0 Å². The molecule has 3 aromatic carbocycles. The van der Waals surface area contributed by atoms with Gasteiger partial charge >= 0.3 is 17.9 Å². The maximum atomic E-state index is 13.8. The number of carbonyl (C=O) groups is 5. The molecule has 0 bridgehead atoms. The van der Waals surface area contributed by atoms with Crippen LogP contribution in [0.3, 0.4) is 0 Å². The number of benzene rings is 3. The molecule has 0 unspecified atom stereocenters. The third-order valence-corrected chi connectivity index (χ3v) is 10.7. The first kappa shape index (κ1) is 46.2. The average molecular weight is 860 g/mol. The Morgan fingerprint density at radius 2 is 0.968 bits per heavy atom. The van der Waals surface area contributed by atoms with E-state index in [2.05, 4.69) is 0 Å². The number of hydrogen-bond donors (Lipinski definition) is 0. The van der Waals surface area contributed by atoms with Crippen LogP contribution in [0.25, 0.3) is 0 Å². The fourth-order valence-corrected chi connectivity index (χ4v) is 7.60. The second-order valence-electron chi connectivity index (χ2n) is 15.1. The van der Waals surface area contributed by atoms with E-state index in [1.165, 1.54) is 27.9 Å². The highest BCUT2D eigenvalue weighted by atomic mass is 16.7. The zero-order valence-corrected chi connectivity index (χ0v) is 35.5. The number of rotatable bonds is 18. The zero-order chi connectivity index (χ0) is 44.3. The number of carbonyl (C=O) groups excluding carboxylic acids is 5. The summed E-state index contributed by atoms with van der Waals surface area (Å²) in [6.07, 6.45) is -10.5. The van der Waals surface area contributed by atoms with Gasteiger partial charge in [0, 0.05) is 39.0 Å². The first-order chi connectivity index (χ1) is 29.9. The molecular formula is C46H53NO15. The van der Waals surface area contributed by atoms with Crippen LogP contribution in [0.1, 0.15) is 51.3 Å². The van der Waals surface area contributed by atoms with Crippen LogP contribution in [-0.2, 0) is 91.2 Å². The van der Waals surface area contributed by atoms with Crippen molar-refractivity contribution in [1.29, 1.82) is 0 Å². The van der Waals surface area contributed by atoms with E-state index in [1.54, 1.807) is 0 Å². The number of imide groups is 1. The van der Waals surface area contributed by atoms with E-state index in [4.69, 9.17) is 47.4 Å². The predicted octanol–water partition coefficient (Wildman–Crippen LogP) is 4.36. The molecular weight excluding hydrogens is 806 g/mol. The van der Waals surface area contributed by atoms with Gasteiger partial charge in [-0.2, -0.15) is 0 Å². The van der Waals surface area contributed by atoms with Gasteiger partial charge in [-0.25, -0.2) is 0 Å². The minimum atomic E-state index is -1.58. The van der Waals surface area contributed by atoms with Gasteiger partial charge in [0.05, 0.1) is 26.4 Å². The van der Waals surface area contributed by atoms with Crippen molar-refractivity contribution < 1.29 is 71.3 Å². The zero-order valence-electron chi connectivity index (χ0n) is 35.5. The Balaban J connectivity index is 1.38. The SMILES string of the molecule is CO[C@H]1O[C@H](CO[C@@H]2O[C@H](COC(C)=O)[C@@H](OC(C)=O)[C@H](OC(C)=O)[C@H]2N2C(=O)C(C)=C(C)C2=O)[C@H](OCc2ccccc2)[C@H](OCc2ccccc2)[C@H]1OCc1ccccc1. The topological polar surface area (TPSA) is 181 Å². The van der Waals surface area contributed by atoms with Gasteiger partial charge in [-0.15, -0.1) is 0 Å². The van der Waals surface area contributed by atoms with Crippen molar-refractivity contribution in [3.63, 3.8) is 0 Å². The van der Waals surface area contributed by atoms with Gasteiger partial charge in [0.1, 0.15) is 43.2 Å². The van der Waals surface area contributed by atoms with E-state index in [0.717, 1.165) is 35.4 Å². The van der Waals surface area contributed by atoms with Gasteiger partial charge in [-0.1, -0.05) is 91.0 Å². The summed E-state index contributed by atoms with van der Waals surface area (Å²) in [5.74, 6) is -3.69. The van der Waals surface area contributed by atoms with Gasteiger partial charge in [0.25, 0.3) is 11.8 Å². The molecule has 0 spiro atoms. The maximum absolute atomic E-state index is 13.8. The van der Waals surface area contributed by atoms with Crippen LogP contribution in [-0.4, -0.2) is 116 Å². The van der Waals surface area contributed by atoms with E-state index in [9.17, 15) is 24.0 Å². The lowest BCUT2D eigenvalue weighted by Gasteiger charge is -2.48. The molecule has 3 heterocycles.